The average molecular weight is 244 g/mol. The maximum absolute atomic E-state index is 12.4. The molecular formula is C15H16O3. The second-order valence-corrected chi connectivity index (χ2v) is 5.01. The molecule has 18 heavy (non-hydrogen) atoms. The van der Waals surface area contributed by atoms with Gasteiger partial charge in [0.2, 0.25) is 0 Å². The Morgan fingerprint density at radius 1 is 1.17 bits per heavy atom. The van der Waals surface area contributed by atoms with Crippen molar-refractivity contribution in [1.29, 1.82) is 0 Å². The van der Waals surface area contributed by atoms with Crippen LogP contribution in [0.25, 0.3) is 5.57 Å². The van der Waals surface area contributed by atoms with E-state index in [0.717, 1.165) is 12.0 Å². The van der Waals surface area contributed by atoms with E-state index >= 15 is 0 Å². The summed E-state index contributed by atoms with van der Waals surface area (Å²) in [4.78, 5) is 12.4. The van der Waals surface area contributed by atoms with Crippen LogP contribution >= 0.6 is 0 Å². The Morgan fingerprint density at radius 2 is 1.94 bits per heavy atom. The van der Waals surface area contributed by atoms with Crippen LogP contribution in [0.15, 0.2) is 36.6 Å². The molecule has 1 aliphatic heterocycles. The summed E-state index contributed by atoms with van der Waals surface area (Å²) in [5.41, 5.74) is 1.57. The number of aliphatic hydroxyl groups is 1. The molecule has 1 N–H and O–H groups in total. The van der Waals surface area contributed by atoms with Gasteiger partial charge in [-0.15, -0.1) is 0 Å². The van der Waals surface area contributed by atoms with Gasteiger partial charge < -0.3 is 9.84 Å². The number of hydrogen-bond acceptors (Lipinski definition) is 3. The summed E-state index contributed by atoms with van der Waals surface area (Å²) in [6.07, 6.45) is 3.07. The van der Waals surface area contributed by atoms with Gasteiger partial charge in [-0.25, -0.2) is 0 Å². The fraction of sp³-hybridized carbons (Fsp3) is 0.400. The van der Waals surface area contributed by atoms with E-state index in [1.807, 2.05) is 30.3 Å². The Bertz CT molecular complexity index is 478. The number of rotatable bonds is 1. The lowest BCUT2D eigenvalue weighted by Gasteiger charge is -2.36. The highest BCUT2D eigenvalue weighted by Gasteiger charge is 2.39. The number of ether oxygens (including phenoxy) is 1. The zero-order valence-electron chi connectivity index (χ0n) is 10.1. The molecule has 1 aromatic carbocycles. The summed E-state index contributed by atoms with van der Waals surface area (Å²) >= 11 is 0. The largest absolute Gasteiger partial charge is 0.496 e. The summed E-state index contributed by atoms with van der Waals surface area (Å²) in [6, 6.07) is 9.61. The van der Waals surface area contributed by atoms with Crippen molar-refractivity contribution in [2.45, 2.75) is 31.5 Å². The Morgan fingerprint density at radius 3 is 2.72 bits per heavy atom. The van der Waals surface area contributed by atoms with Crippen LogP contribution in [0.4, 0.5) is 0 Å². The minimum absolute atomic E-state index is 0.0893. The van der Waals surface area contributed by atoms with E-state index in [9.17, 15) is 9.90 Å². The van der Waals surface area contributed by atoms with Crippen molar-refractivity contribution in [3.63, 3.8) is 0 Å². The molecule has 0 saturated heterocycles. The fourth-order valence-electron chi connectivity index (χ4n) is 2.80. The molecule has 0 spiro atoms. The van der Waals surface area contributed by atoms with Crippen LogP contribution in [-0.2, 0) is 9.53 Å². The number of Topliss-reactive ketones (excluding diaryl/α,β-unsaturated/α-hetero) is 1. The molecule has 3 rings (SSSR count). The molecule has 0 aromatic heterocycles. The van der Waals surface area contributed by atoms with Gasteiger partial charge in [-0.2, -0.15) is 0 Å². The van der Waals surface area contributed by atoms with E-state index in [4.69, 9.17) is 4.74 Å². The molecule has 3 atom stereocenters. The van der Waals surface area contributed by atoms with Crippen LogP contribution in [0.1, 0.15) is 24.8 Å². The smallest absolute Gasteiger partial charge is 0.173 e. The van der Waals surface area contributed by atoms with Crippen LogP contribution in [0, 0.1) is 5.92 Å². The third-order valence-electron chi connectivity index (χ3n) is 3.81. The monoisotopic (exact) mass is 244 g/mol. The van der Waals surface area contributed by atoms with Crippen LogP contribution in [0.3, 0.4) is 0 Å². The van der Waals surface area contributed by atoms with Crippen LogP contribution in [-0.4, -0.2) is 23.1 Å². The first-order valence-corrected chi connectivity index (χ1v) is 6.39. The fourth-order valence-corrected chi connectivity index (χ4v) is 2.80. The van der Waals surface area contributed by atoms with Crippen molar-refractivity contribution < 1.29 is 14.6 Å². The molecule has 2 aliphatic rings. The molecule has 1 fully saturated rings. The van der Waals surface area contributed by atoms with Gasteiger partial charge in [-0.1, -0.05) is 30.3 Å². The number of allylic oxidation sites excluding steroid dienone is 1. The van der Waals surface area contributed by atoms with E-state index < -0.39 is 0 Å². The summed E-state index contributed by atoms with van der Waals surface area (Å²) in [5, 5.41) is 9.61. The number of carbonyl (C=O) groups excluding carboxylic acids is 1. The van der Waals surface area contributed by atoms with Crippen LogP contribution < -0.4 is 0 Å². The highest BCUT2D eigenvalue weighted by Crippen LogP contribution is 2.36. The van der Waals surface area contributed by atoms with E-state index in [1.54, 1.807) is 6.26 Å². The lowest BCUT2D eigenvalue weighted by atomic mass is 9.78. The summed E-state index contributed by atoms with van der Waals surface area (Å²) < 4.78 is 5.65. The topological polar surface area (TPSA) is 46.5 Å². The molecule has 0 amide bonds. The second-order valence-electron chi connectivity index (χ2n) is 5.01. The number of fused-ring (bicyclic) bond motifs is 1. The Hall–Kier alpha value is -1.61. The Kier molecular flexibility index (Phi) is 2.92. The Balaban J connectivity index is 1.88. The lowest BCUT2D eigenvalue weighted by molar-refractivity contribution is -0.126. The summed E-state index contributed by atoms with van der Waals surface area (Å²) in [7, 11) is 0. The minimum atomic E-state index is -0.328. The molecule has 3 unspecified atom stereocenters. The molecule has 1 aromatic rings. The zero-order chi connectivity index (χ0) is 12.5. The van der Waals surface area contributed by atoms with Crippen molar-refractivity contribution in [3.8, 4) is 0 Å². The van der Waals surface area contributed by atoms with Gasteiger partial charge in [0, 0.05) is 6.42 Å². The highest BCUT2D eigenvalue weighted by molar-refractivity contribution is 6.22. The molecule has 0 radical (unpaired) electrons. The molecule has 1 heterocycles. The third kappa shape index (κ3) is 1.95. The molecule has 94 valence electrons. The quantitative estimate of drug-likeness (QED) is 0.823. The van der Waals surface area contributed by atoms with Crippen molar-refractivity contribution in [2.75, 3.05) is 0 Å². The second kappa shape index (κ2) is 4.58. The normalized spacial score (nSPS) is 31.3. The average Bonchev–Trinajstić information content (AvgIpc) is 2.40. The van der Waals surface area contributed by atoms with Crippen molar-refractivity contribution in [1.82, 2.24) is 0 Å². The van der Waals surface area contributed by atoms with Crippen molar-refractivity contribution in [2.24, 2.45) is 5.92 Å². The van der Waals surface area contributed by atoms with Gasteiger partial charge in [-0.3, -0.25) is 4.79 Å². The first-order chi connectivity index (χ1) is 8.75. The molecule has 3 nitrogen and oxygen atoms in total. The summed E-state index contributed by atoms with van der Waals surface area (Å²) in [5.74, 6) is 0.0676. The van der Waals surface area contributed by atoms with E-state index in [-0.39, 0.29) is 23.9 Å². The maximum Gasteiger partial charge on any atom is 0.173 e. The summed E-state index contributed by atoms with van der Waals surface area (Å²) in [6.45, 7) is 0. The van der Waals surface area contributed by atoms with Crippen molar-refractivity contribution in [3.05, 3.63) is 42.2 Å². The van der Waals surface area contributed by atoms with Crippen molar-refractivity contribution >= 4 is 11.4 Å². The SMILES string of the molecule is O=C1C(c2ccccc2)=COC2CC(O)CCC12. The first-order valence-electron chi connectivity index (χ1n) is 6.39. The molecule has 3 heteroatoms. The van der Waals surface area contributed by atoms with Crippen LogP contribution in [0.2, 0.25) is 0 Å². The van der Waals surface area contributed by atoms with Gasteiger partial charge in [0.05, 0.1) is 23.9 Å². The van der Waals surface area contributed by atoms with E-state index in [1.165, 1.54) is 0 Å². The van der Waals surface area contributed by atoms with Gasteiger partial charge in [0.1, 0.15) is 6.10 Å². The standard InChI is InChI=1S/C15H16O3/c16-11-6-7-12-14(8-11)18-9-13(15(12)17)10-4-2-1-3-5-10/h1-5,9,11-12,14,16H,6-8H2. The number of aliphatic hydroxyl groups excluding tert-OH is 1. The van der Waals surface area contributed by atoms with Gasteiger partial charge in [-0.05, 0) is 18.4 Å². The van der Waals surface area contributed by atoms with Gasteiger partial charge in [0.15, 0.2) is 5.78 Å². The number of benzene rings is 1. The predicted octanol–water partition coefficient (Wildman–Crippen LogP) is 2.16. The first kappa shape index (κ1) is 11.5. The zero-order valence-corrected chi connectivity index (χ0v) is 10.1. The third-order valence-corrected chi connectivity index (χ3v) is 3.81. The maximum atomic E-state index is 12.4. The molecule has 1 aliphatic carbocycles. The highest BCUT2D eigenvalue weighted by atomic mass is 16.5. The molecule has 0 bridgehead atoms. The minimum Gasteiger partial charge on any atom is -0.496 e. The van der Waals surface area contributed by atoms with Crippen LogP contribution in [0.5, 0.6) is 0 Å². The van der Waals surface area contributed by atoms with E-state index in [2.05, 4.69) is 0 Å². The number of hydrogen-bond donors (Lipinski definition) is 1. The predicted molar refractivity (Wildman–Crippen MR) is 67.6 cm³/mol. The number of carbonyl (C=O) groups is 1. The molecular weight excluding hydrogens is 228 g/mol. The molecule has 1 saturated carbocycles. The Labute approximate surface area is 106 Å². The number of ketones is 1. The van der Waals surface area contributed by atoms with Gasteiger partial charge >= 0.3 is 0 Å². The lowest BCUT2D eigenvalue weighted by Crippen LogP contribution is -2.40. The van der Waals surface area contributed by atoms with E-state index in [0.29, 0.717) is 18.4 Å². The van der Waals surface area contributed by atoms with Gasteiger partial charge in [0.25, 0.3) is 0 Å².